The first-order valence-electron chi connectivity index (χ1n) is 5.35. The molecule has 0 aliphatic carbocycles. The van der Waals surface area contributed by atoms with Crippen molar-refractivity contribution in [3.63, 3.8) is 0 Å². The van der Waals surface area contributed by atoms with Crippen molar-refractivity contribution in [1.82, 2.24) is 0 Å². The van der Waals surface area contributed by atoms with E-state index < -0.39 is 15.9 Å². The predicted molar refractivity (Wildman–Crippen MR) is 65.0 cm³/mol. The van der Waals surface area contributed by atoms with Gasteiger partial charge in [-0.05, 0) is 25.5 Å². The standard InChI is InChI=1S/C10H14N4O4/c11-5-1-2-9(12)8-4-3-7(13(15)16)6-10(8)14(17)18/h3-4,6,9H,1-2,5,11-12H2. The number of nitro benzene ring substituents is 2. The number of rotatable bonds is 6. The molecule has 0 fully saturated rings. The highest BCUT2D eigenvalue weighted by atomic mass is 16.6. The molecular weight excluding hydrogens is 240 g/mol. The normalized spacial score (nSPS) is 12.1. The Balaban J connectivity index is 3.11. The summed E-state index contributed by atoms with van der Waals surface area (Å²) >= 11 is 0. The maximum atomic E-state index is 10.9. The third kappa shape index (κ3) is 3.22. The Morgan fingerprint density at radius 3 is 2.39 bits per heavy atom. The summed E-state index contributed by atoms with van der Waals surface area (Å²) in [6.45, 7) is 0.439. The van der Waals surface area contributed by atoms with Gasteiger partial charge in [0.15, 0.2) is 0 Å². The molecule has 1 rings (SSSR count). The lowest BCUT2D eigenvalue weighted by Gasteiger charge is -2.11. The maximum absolute atomic E-state index is 10.9. The monoisotopic (exact) mass is 254 g/mol. The van der Waals surface area contributed by atoms with Gasteiger partial charge in [-0.15, -0.1) is 0 Å². The second-order valence-electron chi connectivity index (χ2n) is 3.79. The van der Waals surface area contributed by atoms with Gasteiger partial charge in [-0.25, -0.2) is 0 Å². The molecule has 0 saturated carbocycles. The first-order valence-corrected chi connectivity index (χ1v) is 5.35. The van der Waals surface area contributed by atoms with Crippen LogP contribution in [0.4, 0.5) is 11.4 Å². The lowest BCUT2D eigenvalue weighted by atomic mass is 10.0. The van der Waals surface area contributed by atoms with E-state index in [0.717, 1.165) is 6.07 Å². The molecule has 1 aromatic carbocycles. The zero-order chi connectivity index (χ0) is 13.7. The number of non-ortho nitro benzene ring substituents is 1. The minimum absolute atomic E-state index is 0.291. The van der Waals surface area contributed by atoms with Gasteiger partial charge in [0.1, 0.15) is 0 Å². The first kappa shape index (κ1) is 14.0. The summed E-state index contributed by atoms with van der Waals surface area (Å²) in [5.74, 6) is 0. The molecule has 98 valence electrons. The van der Waals surface area contributed by atoms with Gasteiger partial charge in [0.25, 0.3) is 11.4 Å². The average molecular weight is 254 g/mol. The largest absolute Gasteiger partial charge is 0.330 e. The summed E-state index contributed by atoms with van der Waals surface area (Å²) < 4.78 is 0. The lowest BCUT2D eigenvalue weighted by Crippen LogP contribution is -2.14. The van der Waals surface area contributed by atoms with Crippen LogP contribution in [0.15, 0.2) is 18.2 Å². The van der Waals surface area contributed by atoms with Gasteiger partial charge in [-0.2, -0.15) is 0 Å². The van der Waals surface area contributed by atoms with Gasteiger partial charge in [-0.1, -0.05) is 0 Å². The van der Waals surface area contributed by atoms with Crippen LogP contribution in [0.1, 0.15) is 24.4 Å². The van der Waals surface area contributed by atoms with Gasteiger partial charge >= 0.3 is 0 Å². The summed E-state index contributed by atoms with van der Waals surface area (Å²) in [5, 5.41) is 21.4. The molecule has 0 bridgehead atoms. The van der Waals surface area contributed by atoms with Crippen LogP contribution in [0.2, 0.25) is 0 Å². The minimum atomic E-state index is -0.678. The van der Waals surface area contributed by atoms with Crippen LogP contribution in [-0.2, 0) is 0 Å². The summed E-state index contributed by atoms with van der Waals surface area (Å²) in [7, 11) is 0. The minimum Gasteiger partial charge on any atom is -0.330 e. The van der Waals surface area contributed by atoms with Crippen molar-refractivity contribution in [1.29, 1.82) is 0 Å². The van der Waals surface area contributed by atoms with E-state index >= 15 is 0 Å². The van der Waals surface area contributed by atoms with Crippen LogP contribution in [0.5, 0.6) is 0 Å². The van der Waals surface area contributed by atoms with E-state index in [-0.39, 0.29) is 11.4 Å². The summed E-state index contributed by atoms with van der Waals surface area (Å²) in [5.41, 5.74) is 10.8. The van der Waals surface area contributed by atoms with Crippen LogP contribution in [-0.4, -0.2) is 16.4 Å². The van der Waals surface area contributed by atoms with E-state index in [1.54, 1.807) is 0 Å². The van der Waals surface area contributed by atoms with Crippen molar-refractivity contribution in [2.24, 2.45) is 11.5 Å². The van der Waals surface area contributed by atoms with Crippen LogP contribution < -0.4 is 11.5 Å². The van der Waals surface area contributed by atoms with Crippen molar-refractivity contribution < 1.29 is 9.85 Å². The Morgan fingerprint density at radius 1 is 1.22 bits per heavy atom. The van der Waals surface area contributed by atoms with Crippen LogP contribution in [0.3, 0.4) is 0 Å². The van der Waals surface area contributed by atoms with Gasteiger partial charge in [0.2, 0.25) is 0 Å². The second kappa shape index (κ2) is 6.03. The molecule has 0 aliphatic rings. The van der Waals surface area contributed by atoms with Gasteiger partial charge in [0, 0.05) is 17.7 Å². The SMILES string of the molecule is NCCCC(N)c1ccc([N+](=O)[O-])cc1[N+](=O)[O-]. The van der Waals surface area contributed by atoms with Crippen molar-refractivity contribution >= 4 is 11.4 Å². The fourth-order valence-corrected chi connectivity index (χ4v) is 1.61. The smallest absolute Gasteiger partial charge is 0.281 e. The lowest BCUT2D eigenvalue weighted by molar-refractivity contribution is -0.394. The molecule has 8 nitrogen and oxygen atoms in total. The molecule has 0 amide bonds. The Bertz CT molecular complexity index is 463. The number of nitro groups is 2. The molecule has 18 heavy (non-hydrogen) atoms. The molecular formula is C10H14N4O4. The summed E-state index contributed by atoms with van der Waals surface area (Å²) in [4.78, 5) is 20.1. The highest BCUT2D eigenvalue weighted by Crippen LogP contribution is 2.30. The van der Waals surface area contributed by atoms with Crippen molar-refractivity contribution in [2.45, 2.75) is 18.9 Å². The summed E-state index contributed by atoms with van der Waals surface area (Å²) in [6.07, 6.45) is 1.13. The third-order valence-corrected chi connectivity index (χ3v) is 2.54. The average Bonchev–Trinajstić information content (AvgIpc) is 2.34. The quantitative estimate of drug-likeness (QED) is 0.578. The van der Waals surface area contributed by atoms with Crippen LogP contribution in [0, 0.1) is 20.2 Å². The van der Waals surface area contributed by atoms with E-state index in [1.807, 2.05) is 0 Å². The molecule has 0 heterocycles. The van der Waals surface area contributed by atoms with E-state index in [4.69, 9.17) is 11.5 Å². The summed E-state index contributed by atoms with van der Waals surface area (Å²) in [6, 6.07) is 2.93. The van der Waals surface area contributed by atoms with Crippen molar-refractivity contribution in [3.8, 4) is 0 Å². The fraction of sp³-hybridized carbons (Fsp3) is 0.400. The molecule has 1 atom stereocenters. The highest BCUT2D eigenvalue weighted by molar-refractivity contribution is 5.50. The van der Waals surface area contributed by atoms with E-state index in [0.29, 0.717) is 24.9 Å². The highest BCUT2D eigenvalue weighted by Gasteiger charge is 2.22. The maximum Gasteiger partial charge on any atom is 0.281 e. The first-order chi connectivity index (χ1) is 8.47. The number of benzene rings is 1. The Hall–Kier alpha value is -2.06. The molecule has 8 heteroatoms. The fourth-order valence-electron chi connectivity index (χ4n) is 1.61. The van der Waals surface area contributed by atoms with Crippen molar-refractivity contribution in [2.75, 3.05) is 6.54 Å². The van der Waals surface area contributed by atoms with Gasteiger partial charge in [-0.3, -0.25) is 20.2 Å². The Morgan fingerprint density at radius 2 is 1.89 bits per heavy atom. The number of nitrogens with zero attached hydrogens (tertiary/aromatic N) is 2. The third-order valence-electron chi connectivity index (χ3n) is 2.54. The second-order valence-corrected chi connectivity index (χ2v) is 3.79. The van der Waals surface area contributed by atoms with Gasteiger partial charge in [0.05, 0.1) is 15.9 Å². The molecule has 4 N–H and O–H groups in total. The Kier molecular flexibility index (Phi) is 4.69. The predicted octanol–water partition coefficient (Wildman–Crippen LogP) is 1.24. The number of hydrogen-bond donors (Lipinski definition) is 2. The van der Waals surface area contributed by atoms with E-state index in [9.17, 15) is 20.2 Å². The van der Waals surface area contributed by atoms with Gasteiger partial charge < -0.3 is 11.5 Å². The molecule has 0 saturated heterocycles. The molecule has 0 aromatic heterocycles. The Labute approximate surface area is 103 Å². The molecule has 1 unspecified atom stereocenters. The van der Waals surface area contributed by atoms with Crippen LogP contribution in [0.25, 0.3) is 0 Å². The van der Waals surface area contributed by atoms with E-state index in [2.05, 4.69) is 0 Å². The molecule has 1 aromatic rings. The molecule has 0 aliphatic heterocycles. The number of nitrogens with two attached hydrogens (primary N) is 2. The number of hydrogen-bond acceptors (Lipinski definition) is 6. The molecule has 0 radical (unpaired) electrons. The zero-order valence-electron chi connectivity index (χ0n) is 9.61. The van der Waals surface area contributed by atoms with Crippen LogP contribution >= 0.6 is 0 Å². The van der Waals surface area contributed by atoms with E-state index in [1.165, 1.54) is 12.1 Å². The topological polar surface area (TPSA) is 138 Å². The van der Waals surface area contributed by atoms with Crippen molar-refractivity contribution in [3.05, 3.63) is 44.0 Å². The zero-order valence-corrected chi connectivity index (χ0v) is 9.61. The molecule has 0 spiro atoms.